The number of amides is 2. The van der Waals surface area contributed by atoms with Crippen molar-refractivity contribution < 1.29 is 19.4 Å². The van der Waals surface area contributed by atoms with Gasteiger partial charge in [0.2, 0.25) is 0 Å². The molecule has 0 saturated heterocycles. The van der Waals surface area contributed by atoms with E-state index in [2.05, 4.69) is 10.6 Å². The van der Waals surface area contributed by atoms with Gasteiger partial charge in [0, 0.05) is 32.4 Å². The molecule has 0 atom stereocenters. The summed E-state index contributed by atoms with van der Waals surface area (Å²) >= 11 is 0. The lowest BCUT2D eigenvalue weighted by Crippen LogP contribution is -2.30. The summed E-state index contributed by atoms with van der Waals surface area (Å²) in [5, 5.41) is 14.1. The molecule has 6 heteroatoms. The van der Waals surface area contributed by atoms with Gasteiger partial charge in [-0.1, -0.05) is 18.2 Å². The molecule has 2 amide bonds. The Kier molecular flexibility index (Phi) is 7.13. The van der Waals surface area contributed by atoms with Gasteiger partial charge in [-0.2, -0.15) is 0 Å². The molecule has 0 saturated carbocycles. The van der Waals surface area contributed by atoms with Crippen LogP contribution in [0, 0.1) is 0 Å². The Hall–Kier alpha value is -2.08. The summed E-state index contributed by atoms with van der Waals surface area (Å²) in [6, 6.07) is 6.88. The van der Waals surface area contributed by atoms with Crippen LogP contribution in [0.25, 0.3) is 0 Å². The minimum atomic E-state index is -0.858. The second-order valence-corrected chi connectivity index (χ2v) is 4.28. The van der Waals surface area contributed by atoms with E-state index in [-0.39, 0.29) is 12.5 Å². The number of benzene rings is 1. The number of carboxylic acids is 1. The van der Waals surface area contributed by atoms with E-state index in [1.54, 1.807) is 19.2 Å². The van der Waals surface area contributed by atoms with Crippen molar-refractivity contribution in [3.8, 4) is 0 Å². The van der Waals surface area contributed by atoms with Crippen molar-refractivity contribution in [2.75, 3.05) is 25.6 Å². The zero-order chi connectivity index (χ0) is 14.8. The predicted molar refractivity (Wildman–Crippen MR) is 75.9 cm³/mol. The van der Waals surface area contributed by atoms with Crippen LogP contribution < -0.4 is 10.6 Å². The van der Waals surface area contributed by atoms with Crippen molar-refractivity contribution in [3.05, 3.63) is 29.8 Å². The van der Waals surface area contributed by atoms with Gasteiger partial charge in [0.05, 0.1) is 0 Å². The summed E-state index contributed by atoms with van der Waals surface area (Å²) in [4.78, 5) is 22.3. The standard InChI is InChI=1S/C14H20N2O4/c1-20-10-4-9-15-14(19)16-12-6-3-2-5-11(12)7-8-13(17)18/h2-3,5-6H,4,7-10H2,1H3,(H,17,18)(H2,15,16,19). The number of carbonyl (C=O) groups excluding carboxylic acids is 1. The first kappa shape index (κ1) is 16.0. The fraction of sp³-hybridized carbons (Fsp3) is 0.429. The number of aryl methyl sites for hydroxylation is 1. The maximum atomic E-state index is 11.7. The largest absolute Gasteiger partial charge is 0.481 e. The third-order valence-electron chi connectivity index (χ3n) is 2.68. The Balaban J connectivity index is 2.49. The predicted octanol–water partition coefficient (Wildman–Crippen LogP) is 1.86. The van der Waals surface area contributed by atoms with Gasteiger partial charge >= 0.3 is 12.0 Å². The van der Waals surface area contributed by atoms with Crippen LogP contribution in [0.1, 0.15) is 18.4 Å². The second kappa shape index (κ2) is 8.92. The number of anilines is 1. The van der Waals surface area contributed by atoms with E-state index in [9.17, 15) is 9.59 Å². The quantitative estimate of drug-likeness (QED) is 0.634. The minimum Gasteiger partial charge on any atom is -0.481 e. The molecule has 0 aliphatic carbocycles. The third kappa shape index (κ3) is 6.19. The molecule has 0 bridgehead atoms. The Labute approximate surface area is 118 Å². The second-order valence-electron chi connectivity index (χ2n) is 4.28. The number of ether oxygens (including phenoxy) is 1. The van der Waals surface area contributed by atoms with Gasteiger partial charge in [-0.15, -0.1) is 0 Å². The molecule has 1 aromatic carbocycles. The van der Waals surface area contributed by atoms with Gasteiger partial charge in [-0.25, -0.2) is 4.79 Å². The first-order chi connectivity index (χ1) is 9.63. The number of urea groups is 1. The van der Waals surface area contributed by atoms with Crippen molar-refractivity contribution in [3.63, 3.8) is 0 Å². The molecule has 0 aliphatic rings. The van der Waals surface area contributed by atoms with Crippen molar-refractivity contribution >= 4 is 17.7 Å². The average Bonchev–Trinajstić information content (AvgIpc) is 2.42. The summed E-state index contributed by atoms with van der Waals surface area (Å²) in [5.74, 6) is -0.858. The lowest BCUT2D eigenvalue weighted by molar-refractivity contribution is -0.136. The van der Waals surface area contributed by atoms with Crippen LogP contribution in [0.15, 0.2) is 24.3 Å². The van der Waals surface area contributed by atoms with Crippen molar-refractivity contribution in [1.29, 1.82) is 0 Å². The minimum absolute atomic E-state index is 0.0359. The molecule has 0 radical (unpaired) electrons. The lowest BCUT2D eigenvalue weighted by Gasteiger charge is -2.11. The zero-order valence-corrected chi connectivity index (χ0v) is 11.5. The molecule has 110 valence electrons. The van der Waals surface area contributed by atoms with E-state index in [0.29, 0.717) is 25.3 Å². The molecule has 0 spiro atoms. The Morgan fingerprint density at radius 2 is 2.05 bits per heavy atom. The average molecular weight is 280 g/mol. The lowest BCUT2D eigenvalue weighted by atomic mass is 10.1. The van der Waals surface area contributed by atoms with Gasteiger partial charge in [0.25, 0.3) is 0 Å². The number of methoxy groups -OCH3 is 1. The van der Waals surface area contributed by atoms with E-state index in [0.717, 1.165) is 12.0 Å². The van der Waals surface area contributed by atoms with Crippen molar-refractivity contribution in [2.45, 2.75) is 19.3 Å². The molecule has 6 nitrogen and oxygen atoms in total. The number of nitrogens with one attached hydrogen (secondary N) is 2. The molecule has 1 rings (SSSR count). The van der Waals surface area contributed by atoms with Crippen LogP contribution >= 0.6 is 0 Å². The molecule has 0 fully saturated rings. The smallest absolute Gasteiger partial charge is 0.319 e. The first-order valence-corrected chi connectivity index (χ1v) is 6.47. The van der Waals surface area contributed by atoms with Crippen molar-refractivity contribution in [1.82, 2.24) is 5.32 Å². The van der Waals surface area contributed by atoms with Crippen LogP contribution in [0.5, 0.6) is 0 Å². The van der Waals surface area contributed by atoms with Crippen LogP contribution in [0.3, 0.4) is 0 Å². The van der Waals surface area contributed by atoms with Crippen molar-refractivity contribution in [2.24, 2.45) is 0 Å². The van der Waals surface area contributed by atoms with E-state index in [4.69, 9.17) is 9.84 Å². The number of carbonyl (C=O) groups is 2. The first-order valence-electron chi connectivity index (χ1n) is 6.47. The van der Waals surface area contributed by atoms with Crippen LogP contribution in [-0.2, 0) is 16.0 Å². The molecule has 0 aromatic heterocycles. The number of aliphatic carboxylic acids is 1. The maximum absolute atomic E-state index is 11.7. The van der Waals surface area contributed by atoms with Gasteiger partial charge < -0.3 is 20.5 Å². The normalized spacial score (nSPS) is 10.1. The highest BCUT2D eigenvalue weighted by molar-refractivity contribution is 5.90. The monoisotopic (exact) mass is 280 g/mol. The number of para-hydroxylation sites is 1. The van der Waals surface area contributed by atoms with E-state index >= 15 is 0 Å². The highest BCUT2D eigenvalue weighted by atomic mass is 16.5. The van der Waals surface area contributed by atoms with Gasteiger partial charge in [0.1, 0.15) is 0 Å². The topological polar surface area (TPSA) is 87.7 Å². The fourth-order valence-corrected chi connectivity index (χ4v) is 1.69. The molecular weight excluding hydrogens is 260 g/mol. The molecular formula is C14H20N2O4. The van der Waals surface area contributed by atoms with Crippen LogP contribution in [0.2, 0.25) is 0 Å². The summed E-state index contributed by atoms with van der Waals surface area (Å²) in [6.45, 7) is 1.12. The van der Waals surface area contributed by atoms with E-state index < -0.39 is 5.97 Å². The van der Waals surface area contributed by atoms with Crippen LogP contribution in [-0.4, -0.2) is 37.4 Å². The summed E-state index contributed by atoms with van der Waals surface area (Å²) in [7, 11) is 1.61. The highest BCUT2D eigenvalue weighted by Crippen LogP contribution is 2.16. The summed E-state index contributed by atoms with van der Waals surface area (Å²) < 4.78 is 4.89. The number of carboxylic acid groups (broad SMARTS) is 1. The zero-order valence-electron chi connectivity index (χ0n) is 11.5. The van der Waals surface area contributed by atoms with E-state index in [1.165, 1.54) is 0 Å². The molecule has 20 heavy (non-hydrogen) atoms. The molecule has 0 heterocycles. The molecule has 3 N–H and O–H groups in total. The Morgan fingerprint density at radius 1 is 1.30 bits per heavy atom. The summed E-state index contributed by atoms with van der Waals surface area (Å²) in [5.41, 5.74) is 1.44. The molecule has 0 unspecified atom stereocenters. The fourth-order valence-electron chi connectivity index (χ4n) is 1.69. The Morgan fingerprint density at radius 3 is 2.75 bits per heavy atom. The van der Waals surface area contributed by atoms with Gasteiger partial charge in [-0.3, -0.25) is 4.79 Å². The maximum Gasteiger partial charge on any atom is 0.319 e. The number of rotatable bonds is 8. The Bertz CT molecular complexity index is 449. The highest BCUT2D eigenvalue weighted by Gasteiger charge is 2.07. The SMILES string of the molecule is COCCCNC(=O)Nc1ccccc1CCC(=O)O. The number of hydrogen-bond acceptors (Lipinski definition) is 3. The molecule has 0 aliphatic heterocycles. The van der Waals surface area contributed by atoms with Gasteiger partial charge in [-0.05, 0) is 24.5 Å². The molecule has 1 aromatic rings. The van der Waals surface area contributed by atoms with Crippen LogP contribution in [0.4, 0.5) is 10.5 Å². The van der Waals surface area contributed by atoms with Gasteiger partial charge in [0.15, 0.2) is 0 Å². The summed E-state index contributed by atoms with van der Waals surface area (Å²) in [6.07, 6.45) is 1.16. The van der Waals surface area contributed by atoms with E-state index in [1.807, 2.05) is 12.1 Å². The third-order valence-corrected chi connectivity index (χ3v) is 2.68. The number of hydrogen-bond donors (Lipinski definition) is 3.